The van der Waals surface area contributed by atoms with Gasteiger partial charge in [0, 0.05) is 18.4 Å². The number of hydrogen-bond acceptors (Lipinski definition) is 4. The van der Waals surface area contributed by atoms with E-state index in [1.165, 1.54) is 12.3 Å². The number of nitrogens with one attached hydrogen (secondary N) is 2. The van der Waals surface area contributed by atoms with E-state index in [0.717, 1.165) is 5.56 Å². The summed E-state index contributed by atoms with van der Waals surface area (Å²) in [4.78, 5) is 26.9. The predicted octanol–water partition coefficient (Wildman–Crippen LogP) is 3.95. The van der Waals surface area contributed by atoms with Gasteiger partial charge in [0.2, 0.25) is 0 Å². The molecule has 0 bridgehead atoms. The summed E-state index contributed by atoms with van der Waals surface area (Å²) in [6.07, 6.45) is 1.49. The molecule has 3 rings (SSSR count). The first-order valence-corrected chi connectivity index (χ1v) is 8.71. The van der Waals surface area contributed by atoms with Crippen molar-refractivity contribution < 1.29 is 14.3 Å². The van der Waals surface area contributed by atoms with Gasteiger partial charge in [-0.05, 0) is 48.0 Å². The van der Waals surface area contributed by atoms with Gasteiger partial charge in [0.05, 0.1) is 5.02 Å². The molecule has 0 unspecified atom stereocenters. The Morgan fingerprint density at radius 1 is 1.04 bits per heavy atom. The third-order valence-corrected chi connectivity index (χ3v) is 4.02. The first kappa shape index (κ1) is 19.2. The number of pyridine rings is 1. The van der Waals surface area contributed by atoms with E-state index in [4.69, 9.17) is 22.1 Å². The first-order valence-electron chi connectivity index (χ1n) is 8.33. The molecule has 0 aliphatic carbocycles. The lowest BCUT2D eigenvalue weighted by Crippen LogP contribution is -2.28. The Hall–Kier alpha value is -3.58. The highest BCUT2D eigenvalue weighted by atomic mass is 35.5. The number of amides is 3. The smallest absolute Gasteiger partial charge is 0.319 e. The number of aromatic nitrogens is 1. The SMILES string of the molecule is NC(=O)c1ccc(CNC(=O)Nc2ccc(Oc3ccccc3Cl)cc2)cn1. The molecule has 0 aliphatic heterocycles. The van der Waals surface area contributed by atoms with E-state index < -0.39 is 5.91 Å². The largest absolute Gasteiger partial charge is 0.456 e. The average Bonchev–Trinajstić information content (AvgIpc) is 2.70. The summed E-state index contributed by atoms with van der Waals surface area (Å²) in [6.45, 7) is 0.256. The number of rotatable bonds is 6. The molecule has 3 aromatic rings. The molecule has 7 nitrogen and oxygen atoms in total. The van der Waals surface area contributed by atoms with Gasteiger partial charge in [-0.2, -0.15) is 0 Å². The fraction of sp³-hybridized carbons (Fsp3) is 0.0500. The van der Waals surface area contributed by atoms with Crippen molar-refractivity contribution >= 4 is 29.2 Å². The molecule has 0 saturated heterocycles. The van der Waals surface area contributed by atoms with E-state index in [1.807, 2.05) is 12.1 Å². The van der Waals surface area contributed by atoms with Gasteiger partial charge < -0.3 is 21.1 Å². The molecule has 1 aromatic heterocycles. The number of anilines is 1. The van der Waals surface area contributed by atoms with Crippen LogP contribution in [0.5, 0.6) is 11.5 Å². The van der Waals surface area contributed by atoms with Crippen LogP contribution in [0.1, 0.15) is 16.1 Å². The summed E-state index contributed by atoms with van der Waals surface area (Å²) >= 11 is 6.07. The fourth-order valence-electron chi connectivity index (χ4n) is 2.29. The van der Waals surface area contributed by atoms with Crippen molar-refractivity contribution in [1.82, 2.24) is 10.3 Å². The van der Waals surface area contributed by atoms with Gasteiger partial charge >= 0.3 is 6.03 Å². The predicted molar refractivity (Wildman–Crippen MR) is 107 cm³/mol. The molecule has 3 amide bonds. The van der Waals surface area contributed by atoms with E-state index in [-0.39, 0.29) is 18.3 Å². The minimum Gasteiger partial charge on any atom is -0.456 e. The zero-order valence-corrected chi connectivity index (χ0v) is 15.4. The second-order valence-corrected chi connectivity index (χ2v) is 6.19. The Kier molecular flexibility index (Phi) is 6.08. The molecule has 0 aliphatic rings. The number of ether oxygens (including phenoxy) is 1. The van der Waals surface area contributed by atoms with Crippen LogP contribution in [-0.4, -0.2) is 16.9 Å². The second-order valence-electron chi connectivity index (χ2n) is 5.78. The highest BCUT2D eigenvalue weighted by molar-refractivity contribution is 6.32. The number of carbonyl (C=O) groups is 2. The molecular formula is C20H17ClN4O3. The molecule has 28 heavy (non-hydrogen) atoms. The number of nitrogens with two attached hydrogens (primary N) is 1. The van der Waals surface area contributed by atoms with Crippen molar-refractivity contribution in [3.8, 4) is 11.5 Å². The molecule has 142 valence electrons. The van der Waals surface area contributed by atoms with Crippen LogP contribution >= 0.6 is 11.6 Å². The molecule has 0 atom stereocenters. The van der Waals surface area contributed by atoms with Crippen molar-refractivity contribution in [1.29, 1.82) is 0 Å². The number of hydrogen-bond donors (Lipinski definition) is 3. The zero-order valence-electron chi connectivity index (χ0n) is 14.7. The summed E-state index contributed by atoms with van der Waals surface area (Å²) in [7, 11) is 0. The summed E-state index contributed by atoms with van der Waals surface area (Å²) < 4.78 is 5.70. The second kappa shape index (κ2) is 8.88. The maximum absolute atomic E-state index is 12.0. The number of halogens is 1. The van der Waals surface area contributed by atoms with Gasteiger partial charge in [-0.25, -0.2) is 4.79 Å². The molecule has 8 heteroatoms. The molecule has 0 fully saturated rings. The van der Waals surface area contributed by atoms with E-state index >= 15 is 0 Å². The van der Waals surface area contributed by atoms with Crippen LogP contribution in [0.25, 0.3) is 0 Å². The Labute approximate surface area is 166 Å². The number of primary amides is 1. The third kappa shape index (κ3) is 5.21. The van der Waals surface area contributed by atoms with Crippen molar-refractivity contribution in [2.45, 2.75) is 6.54 Å². The van der Waals surface area contributed by atoms with Crippen molar-refractivity contribution in [2.24, 2.45) is 5.73 Å². The van der Waals surface area contributed by atoms with Crippen LogP contribution in [0, 0.1) is 0 Å². The monoisotopic (exact) mass is 396 g/mol. The van der Waals surface area contributed by atoms with Gasteiger partial charge in [0.25, 0.3) is 5.91 Å². The normalized spacial score (nSPS) is 10.2. The van der Waals surface area contributed by atoms with Gasteiger partial charge in [-0.15, -0.1) is 0 Å². The van der Waals surface area contributed by atoms with Crippen LogP contribution in [0.2, 0.25) is 5.02 Å². The number of para-hydroxylation sites is 1. The lowest BCUT2D eigenvalue weighted by Gasteiger charge is -2.10. The summed E-state index contributed by atoms with van der Waals surface area (Å²) in [5.74, 6) is 0.553. The molecular weight excluding hydrogens is 380 g/mol. The van der Waals surface area contributed by atoms with Crippen LogP contribution < -0.4 is 21.1 Å². The Bertz CT molecular complexity index is 976. The maximum atomic E-state index is 12.0. The van der Waals surface area contributed by atoms with Gasteiger partial charge in [0.15, 0.2) is 0 Å². The molecule has 2 aromatic carbocycles. The molecule has 1 heterocycles. The van der Waals surface area contributed by atoms with Crippen LogP contribution in [0.4, 0.5) is 10.5 Å². The Morgan fingerprint density at radius 2 is 1.79 bits per heavy atom. The number of nitrogens with zero attached hydrogens (tertiary/aromatic N) is 1. The van der Waals surface area contributed by atoms with E-state index in [9.17, 15) is 9.59 Å². The van der Waals surface area contributed by atoms with E-state index in [2.05, 4.69) is 15.6 Å². The van der Waals surface area contributed by atoms with E-state index in [0.29, 0.717) is 22.2 Å². The quantitative estimate of drug-likeness (QED) is 0.586. The number of benzene rings is 2. The minimum atomic E-state index is -0.598. The summed E-state index contributed by atoms with van der Waals surface area (Å²) in [5, 5.41) is 5.94. The summed E-state index contributed by atoms with van der Waals surface area (Å²) in [5.41, 5.74) is 6.65. The van der Waals surface area contributed by atoms with Crippen molar-refractivity contribution in [2.75, 3.05) is 5.32 Å². The van der Waals surface area contributed by atoms with Crippen LogP contribution in [-0.2, 0) is 6.54 Å². The van der Waals surface area contributed by atoms with E-state index in [1.54, 1.807) is 42.5 Å². The molecule has 0 saturated carbocycles. The lowest BCUT2D eigenvalue weighted by molar-refractivity contribution is 0.0995. The summed E-state index contributed by atoms with van der Waals surface area (Å²) in [6, 6.07) is 16.9. The first-order chi connectivity index (χ1) is 13.5. The third-order valence-electron chi connectivity index (χ3n) is 3.71. The van der Waals surface area contributed by atoms with Crippen molar-refractivity contribution in [3.05, 3.63) is 83.1 Å². The Balaban J connectivity index is 1.51. The maximum Gasteiger partial charge on any atom is 0.319 e. The van der Waals surface area contributed by atoms with Gasteiger partial charge in [-0.1, -0.05) is 29.8 Å². The fourth-order valence-corrected chi connectivity index (χ4v) is 2.47. The highest BCUT2D eigenvalue weighted by Crippen LogP contribution is 2.29. The number of urea groups is 1. The van der Waals surface area contributed by atoms with Crippen molar-refractivity contribution in [3.63, 3.8) is 0 Å². The minimum absolute atomic E-state index is 0.173. The van der Waals surface area contributed by atoms with Crippen LogP contribution in [0.15, 0.2) is 66.9 Å². The van der Waals surface area contributed by atoms with Gasteiger partial charge in [0.1, 0.15) is 17.2 Å². The average molecular weight is 397 g/mol. The Morgan fingerprint density at radius 3 is 2.43 bits per heavy atom. The lowest BCUT2D eigenvalue weighted by atomic mass is 10.2. The van der Waals surface area contributed by atoms with Crippen LogP contribution in [0.3, 0.4) is 0 Å². The molecule has 0 radical (unpaired) electrons. The topological polar surface area (TPSA) is 106 Å². The number of carbonyl (C=O) groups excluding carboxylic acids is 2. The highest BCUT2D eigenvalue weighted by Gasteiger charge is 2.06. The molecule has 0 spiro atoms. The van der Waals surface area contributed by atoms with Gasteiger partial charge in [-0.3, -0.25) is 9.78 Å². The zero-order chi connectivity index (χ0) is 19.9. The standard InChI is InChI=1S/C20H17ClN4O3/c21-16-3-1-2-4-18(16)28-15-8-6-14(7-9-15)25-20(27)24-12-13-5-10-17(19(22)26)23-11-13/h1-11H,12H2,(H2,22,26)(H2,24,25,27). The molecule has 4 N–H and O–H groups in total.